The van der Waals surface area contributed by atoms with E-state index in [1.807, 2.05) is 30.3 Å². The summed E-state index contributed by atoms with van der Waals surface area (Å²) in [5, 5.41) is 8.72. The van der Waals surface area contributed by atoms with Gasteiger partial charge < -0.3 is 0 Å². The zero-order valence-corrected chi connectivity index (χ0v) is 26.6. The number of para-hydroxylation sites is 1. The Morgan fingerprint density at radius 2 is 0.939 bits per heavy atom. The molecule has 230 valence electrons. The van der Waals surface area contributed by atoms with Crippen LogP contribution >= 0.6 is 0 Å². The molecule has 0 fully saturated rings. The van der Waals surface area contributed by atoms with Crippen molar-refractivity contribution in [2.24, 2.45) is 0 Å². The van der Waals surface area contributed by atoms with Crippen molar-refractivity contribution in [3.05, 3.63) is 182 Å². The van der Waals surface area contributed by atoms with Crippen molar-refractivity contribution < 1.29 is 0 Å². The summed E-state index contributed by atoms with van der Waals surface area (Å²) in [5.41, 5.74) is 11.2. The van der Waals surface area contributed by atoms with Crippen LogP contribution in [0.15, 0.2) is 182 Å². The minimum atomic E-state index is 0.691. The van der Waals surface area contributed by atoms with Crippen molar-refractivity contribution >= 4 is 21.7 Å². The number of hydrogen-bond donors (Lipinski definition) is 0. The Morgan fingerprint density at radius 1 is 0.367 bits per heavy atom. The highest BCUT2D eigenvalue weighted by Gasteiger charge is 2.18. The molecule has 0 N–H and O–H groups in total. The fraction of sp³-hybridized carbons (Fsp3) is 0. The van der Waals surface area contributed by atoms with E-state index in [0.29, 0.717) is 5.82 Å². The van der Waals surface area contributed by atoms with Gasteiger partial charge in [0.2, 0.25) is 0 Å². The van der Waals surface area contributed by atoms with Gasteiger partial charge in [0.1, 0.15) is 5.69 Å². The molecule has 0 amide bonds. The Morgan fingerprint density at radius 3 is 1.69 bits per heavy atom. The second-order valence-electron chi connectivity index (χ2n) is 12.1. The molecule has 2 aromatic heterocycles. The van der Waals surface area contributed by atoms with Crippen molar-refractivity contribution in [3.63, 3.8) is 0 Å². The van der Waals surface area contributed by atoms with E-state index in [4.69, 9.17) is 15.1 Å². The van der Waals surface area contributed by atoms with Gasteiger partial charge >= 0.3 is 0 Å². The standard InChI is InChI=1S/C45H30N4/c1-4-13-31(14-5-1)32-23-25-34(26-24-32)41-30-42(47-45(46-41)35-16-6-2-7-17-35)36-18-12-19-37(29-36)43-40-28-27-33-15-10-11-22-39(33)44(40)49(48-43)38-20-8-3-9-21-38/h1-30H. The predicted molar refractivity (Wildman–Crippen MR) is 201 cm³/mol. The molecule has 49 heavy (non-hydrogen) atoms. The number of hydrogen-bond acceptors (Lipinski definition) is 3. The lowest BCUT2D eigenvalue weighted by molar-refractivity contribution is 0.918. The van der Waals surface area contributed by atoms with Gasteiger partial charge in [-0.1, -0.05) is 152 Å². The van der Waals surface area contributed by atoms with Gasteiger partial charge in [-0.3, -0.25) is 0 Å². The third-order valence-corrected chi connectivity index (χ3v) is 9.05. The van der Waals surface area contributed by atoms with E-state index in [2.05, 4.69) is 156 Å². The molecule has 0 unspecified atom stereocenters. The highest BCUT2D eigenvalue weighted by molar-refractivity contribution is 6.10. The first-order chi connectivity index (χ1) is 24.3. The van der Waals surface area contributed by atoms with E-state index < -0.39 is 0 Å². The average Bonchev–Trinajstić information content (AvgIpc) is 3.59. The first kappa shape index (κ1) is 28.6. The first-order valence-corrected chi connectivity index (χ1v) is 16.5. The number of rotatable bonds is 6. The van der Waals surface area contributed by atoms with Crippen LogP contribution in [0.1, 0.15) is 0 Å². The summed E-state index contributed by atoms with van der Waals surface area (Å²) in [6.45, 7) is 0. The molecule has 0 aliphatic rings. The highest BCUT2D eigenvalue weighted by Crippen LogP contribution is 2.37. The lowest BCUT2D eigenvalue weighted by atomic mass is 9.99. The number of benzene rings is 7. The zero-order valence-electron chi connectivity index (χ0n) is 26.6. The van der Waals surface area contributed by atoms with Crippen molar-refractivity contribution in [2.45, 2.75) is 0 Å². The summed E-state index contributed by atoms with van der Waals surface area (Å²) >= 11 is 0. The fourth-order valence-corrected chi connectivity index (χ4v) is 6.60. The van der Waals surface area contributed by atoms with Crippen LogP contribution in [0.4, 0.5) is 0 Å². The molecule has 9 rings (SSSR count). The van der Waals surface area contributed by atoms with Crippen molar-refractivity contribution in [1.82, 2.24) is 19.7 Å². The van der Waals surface area contributed by atoms with Gasteiger partial charge in [0.05, 0.1) is 22.6 Å². The second kappa shape index (κ2) is 12.2. The van der Waals surface area contributed by atoms with Crippen LogP contribution in [0.25, 0.3) is 83.6 Å². The third-order valence-electron chi connectivity index (χ3n) is 9.05. The van der Waals surface area contributed by atoms with Crippen LogP contribution in [0, 0.1) is 0 Å². The molecule has 4 heteroatoms. The Kier molecular flexibility index (Phi) is 7.10. The Hall–Kier alpha value is -6.65. The summed E-state index contributed by atoms with van der Waals surface area (Å²) < 4.78 is 2.08. The molecule has 0 aliphatic heterocycles. The van der Waals surface area contributed by atoms with Crippen molar-refractivity contribution in [3.8, 4) is 62.0 Å². The maximum Gasteiger partial charge on any atom is 0.160 e. The molecule has 4 nitrogen and oxygen atoms in total. The lowest BCUT2D eigenvalue weighted by Gasteiger charge is -2.11. The molecular formula is C45H30N4. The van der Waals surface area contributed by atoms with E-state index in [9.17, 15) is 0 Å². The number of fused-ring (bicyclic) bond motifs is 3. The molecule has 0 spiro atoms. The van der Waals surface area contributed by atoms with Gasteiger partial charge in [-0.25, -0.2) is 14.6 Å². The normalized spacial score (nSPS) is 11.3. The molecule has 0 radical (unpaired) electrons. The molecule has 0 saturated heterocycles. The van der Waals surface area contributed by atoms with E-state index >= 15 is 0 Å². The smallest absolute Gasteiger partial charge is 0.160 e. The molecule has 0 atom stereocenters. The molecule has 0 saturated carbocycles. The lowest BCUT2D eigenvalue weighted by Crippen LogP contribution is -1.97. The molecule has 0 aliphatic carbocycles. The average molecular weight is 627 g/mol. The molecule has 9 aromatic rings. The van der Waals surface area contributed by atoms with E-state index in [0.717, 1.165) is 55.9 Å². The summed E-state index contributed by atoms with van der Waals surface area (Å²) in [7, 11) is 0. The highest BCUT2D eigenvalue weighted by atomic mass is 15.3. The van der Waals surface area contributed by atoms with E-state index in [-0.39, 0.29) is 0 Å². The number of aromatic nitrogens is 4. The quantitative estimate of drug-likeness (QED) is 0.184. The van der Waals surface area contributed by atoms with Crippen LogP contribution in [0.3, 0.4) is 0 Å². The minimum absolute atomic E-state index is 0.691. The Balaban J connectivity index is 1.19. The summed E-state index contributed by atoms with van der Waals surface area (Å²) in [4.78, 5) is 10.2. The van der Waals surface area contributed by atoms with E-state index in [1.165, 1.54) is 21.9 Å². The maximum absolute atomic E-state index is 5.26. The van der Waals surface area contributed by atoms with Gasteiger partial charge in [-0.2, -0.15) is 5.10 Å². The Labute approximate surface area is 284 Å². The predicted octanol–water partition coefficient (Wildman–Crippen LogP) is 11.3. The second-order valence-corrected chi connectivity index (χ2v) is 12.1. The fourth-order valence-electron chi connectivity index (χ4n) is 6.60. The summed E-state index contributed by atoms with van der Waals surface area (Å²) in [6.07, 6.45) is 0. The summed E-state index contributed by atoms with van der Waals surface area (Å²) in [5.74, 6) is 0.691. The molecule has 2 heterocycles. The number of nitrogens with zero attached hydrogens (tertiary/aromatic N) is 4. The van der Waals surface area contributed by atoms with Crippen LogP contribution in [0.5, 0.6) is 0 Å². The topological polar surface area (TPSA) is 43.6 Å². The zero-order chi connectivity index (χ0) is 32.6. The molecule has 0 bridgehead atoms. The van der Waals surface area contributed by atoms with Crippen molar-refractivity contribution in [1.29, 1.82) is 0 Å². The van der Waals surface area contributed by atoms with E-state index in [1.54, 1.807) is 0 Å². The largest absolute Gasteiger partial charge is 0.232 e. The third kappa shape index (κ3) is 5.35. The SMILES string of the molecule is c1ccc(-c2ccc(-c3cc(-c4cccc(-c5nn(-c6ccccc6)c6c5ccc5ccccc56)c4)nc(-c4ccccc4)n3)cc2)cc1. The Bertz CT molecular complexity index is 2570. The van der Waals surface area contributed by atoms with Crippen LogP contribution < -0.4 is 0 Å². The van der Waals surface area contributed by atoms with Crippen molar-refractivity contribution in [2.75, 3.05) is 0 Å². The monoisotopic (exact) mass is 626 g/mol. The molecule has 7 aromatic carbocycles. The maximum atomic E-state index is 5.26. The first-order valence-electron chi connectivity index (χ1n) is 16.5. The van der Waals surface area contributed by atoms with Crippen LogP contribution in [0.2, 0.25) is 0 Å². The van der Waals surface area contributed by atoms with Gasteiger partial charge in [0, 0.05) is 33.0 Å². The van der Waals surface area contributed by atoms with Gasteiger partial charge in [0.25, 0.3) is 0 Å². The summed E-state index contributed by atoms with van der Waals surface area (Å²) in [6, 6.07) is 63.1. The van der Waals surface area contributed by atoms with Crippen LogP contribution in [-0.4, -0.2) is 19.7 Å². The van der Waals surface area contributed by atoms with Gasteiger partial charge in [0.15, 0.2) is 5.82 Å². The van der Waals surface area contributed by atoms with Gasteiger partial charge in [-0.15, -0.1) is 0 Å². The minimum Gasteiger partial charge on any atom is -0.232 e. The van der Waals surface area contributed by atoms with Gasteiger partial charge in [-0.05, 0) is 46.8 Å². The van der Waals surface area contributed by atoms with Crippen LogP contribution in [-0.2, 0) is 0 Å². The molecular weight excluding hydrogens is 597 g/mol.